The SMILES string of the molecule is C=CCN(CC(=O)O)S(=O)(=O)c1ccn[nH]1. The first kappa shape index (κ1) is 12.4. The molecule has 0 atom stereocenters. The first-order chi connectivity index (χ1) is 7.48. The lowest BCUT2D eigenvalue weighted by molar-refractivity contribution is -0.137. The summed E-state index contributed by atoms with van der Waals surface area (Å²) in [5.41, 5.74) is 0. The van der Waals surface area contributed by atoms with Crippen molar-refractivity contribution < 1.29 is 18.3 Å². The van der Waals surface area contributed by atoms with Crippen molar-refractivity contribution in [3.05, 3.63) is 24.9 Å². The fourth-order valence-corrected chi connectivity index (χ4v) is 2.33. The van der Waals surface area contributed by atoms with Crippen LogP contribution in [-0.2, 0) is 14.8 Å². The summed E-state index contributed by atoms with van der Waals surface area (Å²) in [7, 11) is -3.85. The van der Waals surface area contributed by atoms with Gasteiger partial charge in [-0.2, -0.15) is 9.40 Å². The predicted octanol–water partition coefficient (Wildman–Crippen LogP) is -0.329. The summed E-state index contributed by atoms with van der Waals surface area (Å²) in [4.78, 5) is 10.5. The van der Waals surface area contributed by atoms with Gasteiger partial charge in [0.1, 0.15) is 6.54 Å². The number of aliphatic carboxylic acids is 1. The minimum absolute atomic E-state index is 0.0757. The molecule has 0 aromatic carbocycles. The third-order valence-corrected chi connectivity index (χ3v) is 3.48. The summed E-state index contributed by atoms with van der Waals surface area (Å²) >= 11 is 0. The maximum atomic E-state index is 11.9. The summed E-state index contributed by atoms with van der Waals surface area (Å²) in [6.45, 7) is 2.68. The van der Waals surface area contributed by atoms with Crippen molar-refractivity contribution in [3.8, 4) is 0 Å². The van der Waals surface area contributed by atoms with E-state index in [1.165, 1.54) is 18.3 Å². The van der Waals surface area contributed by atoms with E-state index in [1.807, 2.05) is 0 Å². The quantitative estimate of drug-likeness (QED) is 0.668. The molecular weight excluding hydrogens is 234 g/mol. The van der Waals surface area contributed by atoms with E-state index >= 15 is 0 Å². The van der Waals surface area contributed by atoms with Gasteiger partial charge in [-0.15, -0.1) is 6.58 Å². The molecule has 0 spiro atoms. The molecule has 0 aliphatic carbocycles. The van der Waals surface area contributed by atoms with Gasteiger partial charge >= 0.3 is 5.97 Å². The lowest BCUT2D eigenvalue weighted by Gasteiger charge is -2.16. The molecular formula is C8H11N3O4S. The number of sulfonamides is 1. The Labute approximate surface area is 92.4 Å². The van der Waals surface area contributed by atoms with Crippen molar-refractivity contribution in [1.82, 2.24) is 14.5 Å². The summed E-state index contributed by atoms with van der Waals surface area (Å²) < 4.78 is 24.5. The highest BCUT2D eigenvalue weighted by Gasteiger charge is 2.26. The Balaban J connectivity index is 3.02. The van der Waals surface area contributed by atoms with Gasteiger partial charge in [0.2, 0.25) is 0 Å². The van der Waals surface area contributed by atoms with Crippen molar-refractivity contribution in [2.45, 2.75) is 5.03 Å². The third-order valence-electron chi connectivity index (χ3n) is 1.74. The second-order valence-corrected chi connectivity index (χ2v) is 4.81. The van der Waals surface area contributed by atoms with Gasteiger partial charge in [0.15, 0.2) is 5.03 Å². The minimum Gasteiger partial charge on any atom is -0.480 e. The minimum atomic E-state index is -3.85. The van der Waals surface area contributed by atoms with Crippen LogP contribution in [0.4, 0.5) is 0 Å². The molecule has 0 bridgehead atoms. The molecule has 0 unspecified atom stereocenters. The van der Waals surface area contributed by atoms with Crippen LogP contribution >= 0.6 is 0 Å². The van der Waals surface area contributed by atoms with E-state index in [1.54, 1.807) is 0 Å². The predicted molar refractivity (Wildman–Crippen MR) is 55.2 cm³/mol. The highest BCUT2D eigenvalue weighted by molar-refractivity contribution is 7.89. The Morgan fingerprint density at radius 1 is 1.69 bits per heavy atom. The lowest BCUT2D eigenvalue weighted by atomic mass is 10.6. The Kier molecular flexibility index (Phi) is 3.80. The number of aromatic amines is 1. The van der Waals surface area contributed by atoms with E-state index in [0.29, 0.717) is 0 Å². The van der Waals surface area contributed by atoms with Gasteiger partial charge in [0, 0.05) is 6.54 Å². The first-order valence-electron chi connectivity index (χ1n) is 4.30. The maximum absolute atomic E-state index is 11.9. The van der Waals surface area contributed by atoms with E-state index in [-0.39, 0.29) is 11.6 Å². The summed E-state index contributed by atoms with van der Waals surface area (Å²) in [6.07, 6.45) is 2.59. The number of carbonyl (C=O) groups is 1. The van der Waals surface area contributed by atoms with Crippen molar-refractivity contribution in [2.75, 3.05) is 13.1 Å². The van der Waals surface area contributed by atoms with Gasteiger partial charge in [0.05, 0.1) is 6.20 Å². The number of H-pyrrole nitrogens is 1. The van der Waals surface area contributed by atoms with Crippen LogP contribution in [0.15, 0.2) is 29.9 Å². The summed E-state index contributed by atoms with van der Waals surface area (Å²) in [5.74, 6) is -1.23. The fourth-order valence-electron chi connectivity index (χ4n) is 1.07. The van der Waals surface area contributed by atoms with Crippen LogP contribution in [0.25, 0.3) is 0 Å². The van der Waals surface area contributed by atoms with Crippen LogP contribution in [0.3, 0.4) is 0 Å². The second-order valence-electron chi connectivity index (χ2n) is 2.90. The highest BCUT2D eigenvalue weighted by Crippen LogP contribution is 2.11. The van der Waals surface area contributed by atoms with E-state index in [0.717, 1.165) is 4.31 Å². The molecule has 8 heteroatoms. The van der Waals surface area contributed by atoms with Crippen LogP contribution in [0, 0.1) is 0 Å². The van der Waals surface area contributed by atoms with Crippen LogP contribution in [0.2, 0.25) is 0 Å². The zero-order valence-electron chi connectivity index (χ0n) is 8.33. The van der Waals surface area contributed by atoms with Gasteiger partial charge in [-0.05, 0) is 6.07 Å². The second kappa shape index (κ2) is 4.90. The Morgan fingerprint density at radius 3 is 2.81 bits per heavy atom. The number of carboxylic acids is 1. The number of rotatable bonds is 6. The number of carboxylic acid groups (broad SMARTS) is 1. The smallest absolute Gasteiger partial charge is 0.318 e. The van der Waals surface area contributed by atoms with Gasteiger partial charge in [-0.1, -0.05) is 6.08 Å². The number of hydrogen-bond donors (Lipinski definition) is 2. The normalized spacial score (nSPS) is 11.6. The zero-order chi connectivity index (χ0) is 12.2. The highest BCUT2D eigenvalue weighted by atomic mass is 32.2. The molecule has 1 rings (SSSR count). The summed E-state index contributed by atoms with van der Waals surface area (Å²) in [6, 6.07) is 1.26. The van der Waals surface area contributed by atoms with Gasteiger partial charge < -0.3 is 5.11 Å². The van der Waals surface area contributed by atoms with Crippen molar-refractivity contribution >= 4 is 16.0 Å². The third kappa shape index (κ3) is 2.67. The molecule has 1 heterocycles. The van der Waals surface area contributed by atoms with Gasteiger partial charge in [-0.25, -0.2) is 8.42 Å². The van der Waals surface area contributed by atoms with E-state index in [2.05, 4.69) is 16.8 Å². The molecule has 16 heavy (non-hydrogen) atoms. The average molecular weight is 245 g/mol. The van der Waals surface area contributed by atoms with E-state index in [4.69, 9.17) is 5.11 Å². The molecule has 0 aliphatic rings. The average Bonchev–Trinajstić information content (AvgIpc) is 2.69. The first-order valence-corrected chi connectivity index (χ1v) is 5.74. The van der Waals surface area contributed by atoms with Gasteiger partial charge in [0.25, 0.3) is 10.0 Å². The topological polar surface area (TPSA) is 103 Å². The van der Waals surface area contributed by atoms with E-state index < -0.39 is 22.5 Å². The van der Waals surface area contributed by atoms with Crippen molar-refractivity contribution in [3.63, 3.8) is 0 Å². The summed E-state index contributed by atoms with van der Waals surface area (Å²) in [5, 5.41) is 14.3. The molecule has 0 saturated heterocycles. The number of nitrogens with one attached hydrogen (secondary N) is 1. The Bertz CT molecular complexity index is 465. The lowest BCUT2D eigenvalue weighted by Crippen LogP contribution is -2.36. The number of hydrogen-bond acceptors (Lipinski definition) is 4. The van der Waals surface area contributed by atoms with Crippen LogP contribution in [0.5, 0.6) is 0 Å². The Morgan fingerprint density at radius 2 is 2.38 bits per heavy atom. The molecule has 0 fully saturated rings. The largest absolute Gasteiger partial charge is 0.480 e. The van der Waals surface area contributed by atoms with Crippen LogP contribution in [-0.4, -0.2) is 47.1 Å². The molecule has 88 valence electrons. The van der Waals surface area contributed by atoms with Crippen LogP contribution in [0.1, 0.15) is 0 Å². The molecule has 0 saturated carbocycles. The van der Waals surface area contributed by atoms with Crippen molar-refractivity contribution in [2.24, 2.45) is 0 Å². The molecule has 7 nitrogen and oxygen atoms in total. The molecule has 0 aliphatic heterocycles. The Hall–Kier alpha value is -1.67. The molecule has 0 radical (unpaired) electrons. The number of nitrogens with zero attached hydrogens (tertiary/aromatic N) is 2. The monoisotopic (exact) mass is 245 g/mol. The number of aromatic nitrogens is 2. The molecule has 2 N–H and O–H groups in total. The van der Waals surface area contributed by atoms with Gasteiger partial charge in [-0.3, -0.25) is 9.89 Å². The molecule has 1 aromatic rings. The fraction of sp³-hybridized carbons (Fsp3) is 0.250. The standard InChI is InChI=1S/C8H11N3O4S/c1-2-5-11(6-8(12)13)16(14,15)7-3-4-9-10-7/h2-4H,1,5-6H2,(H,9,10)(H,12,13). The molecule has 0 amide bonds. The maximum Gasteiger partial charge on any atom is 0.318 e. The van der Waals surface area contributed by atoms with Crippen LogP contribution < -0.4 is 0 Å². The van der Waals surface area contributed by atoms with Crippen molar-refractivity contribution in [1.29, 1.82) is 0 Å². The zero-order valence-corrected chi connectivity index (χ0v) is 9.14. The van der Waals surface area contributed by atoms with E-state index in [9.17, 15) is 13.2 Å². The molecule has 1 aromatic heterocycles.